The molecular formula is C12H16N4O2S2. The minimum absolute atomic E-state index is 0.0489. The molecule has 1 N–H and O–H groups in total. The highest BCUT2D eigenvalue weighted by molar-refractivity contribution is 7.99. The van der Waals surface area contributed by atoms with E-state index in [0.717, 1.165) is 18.6 Å². The molecule has 2 heterocycles. The van der Waals surface area contributed by atoms with Crippen LogP contribution in [-0.2, 0) is 0 Å². The van der Waals surface area contributed by atoms with Gasteiger partial charge in [0.1, 0.15) is 6.20 Å². The Bertz CT molecular complexity index is 624. The summed E-state index contributed by atoms with van der Waals surface area (Å²) >= 11 is 3.38. The summed E-state index contributed by atoms with van der Waals surface area (Å²) in [6, 6.07) is 0.294. The van der Waals surface area contributed by atoms with Crippen LogP contribution in [0.2, 0.25) is 0 Å². The van der Waals surface area contributed by atoms with Gasteiger partial charge in [0.25, 0.3) is 4.96 Å². The lowest BCUT2D eigenvalue weighted by atomic mass is 10.2. The Kier molecular flexibility index (Phi) is 3.84. The highest BCUT2D eigenvalue weighted by Crippen LogP contribution is 2.34. The Morgan fingerprint density at radius 2 is 2.50 bits per heavy atom. The summed E-state index contributed by atoms with van der Waals surface area (Å²) in [5.41, 5.74) is 0. The third kappa shape index (κ3) is 2.49. The van der Waals surface area contributed by atoms with Gasteiger partial charge in [-0.2, -0.15) is 21.1 Å². The Labute approximate surface area is 124 Å². The first-order chi connectivity index (χ1) is 9.69. The molecule has 2 unspecified atom stereocenters. The van der Waals surface area contributed by atoms with Gasteiger partial charge in [-0.05, 0) is 29.9 Å². The van der Waals surface area contributed by atoms with Crippen molar-refractivity contribution in [2.45, 2.75) is 37.5 Å². The van der Waals surface area contributed by atoms with Crippen molar-refractivity contribution in [3.05, 3.63) is 21.7 Å². The van der Waals surface area contributed by atoms with E-state index in [4.69, 9.17) is 0 Å². The second-order valence-electron chi connectivity index (χ2n) is 4.83. The largest absolute Gasteiger partial charge is 0.372 e. The third-order valence-electron chi connectivity index (χ3n) is 3.54. The van der Waals surface area contributed by atoms with Crippen molar-refractivity contribution >= 4 is 39.7 Å². The lowest BCUT2D eigenvalue weighted by Gasteiger charge is -2.12. The smallest absolute Gasteiger partial charge is 0.360 e. The first kappa shape index (κ1) is 13.7. The van der Waals surface area contributed by atoms with Gasteiger partial charge in [-0.3, -0.25) is 0 Å². The fraction of sp³-hybridized carbons (Fsp3) is 0.583. The molecule has 1 aliphatic carbocycles. The Balaban J connectivity index is 1.79. The molecule has 20 heavy (non-hydrogen) atoms. The molecule has 0 spiro atoms. The van der Waals surface area contributed by atoms with Crippen molar-refractivity contribution in [2.24, 2.45) is 0 Å². The number of hydrogen-bond donors (Lipinski definition) is 1. The third-order valence-corrected chi connectivity index (χ3v) is 5.53. The van der Waals surface area contributed by atoms with E-state index in [0.29, 0.717) is 22.1 Å². The van der Waals surface area contributed by atoms with Gasteiger partial charge >= 0.3 is 5.82 Å². The summed E-state index contributed by atoms with van der Waals surface area (Å²) in [5.74, 6) is 1.58. The summed E-state index contributed by atoms with van der Waals surface area (Å²) in [4.78, 5) is 15.9. The van der Waals surface area contributed by atoms with Crippen molar-refractivity contribution in [3.8, 4) is 0 Å². The predicted molar refractivity (Wildman–Crippen MR) is 82.9 cm³/mol. The van der Waals surface area contributed by atoms with Crippen molar-refractivity contribution in [2.75, 3.05) is 11.1 Å². The standard InChI is InChI=1S/C12H16N4O2S2/c1-2-19-9-4-3-8(7-9)13-10-11(16(17)18)15-5-6-20-12(15)14-10/h5-6,8-9,13H,2-4,7H2,1H3. The van der Waals surface area contributed by atoms with Crippen molar-refractivity contribution in [1.29, 1.82) is 0 Å². The van der Waals surface area contributed by atoms with E-state index in [1.54, 1.807) is 10.6 Å². The Hall–Kier alpha value is -1.28. The molecule has 0 aliphatic heterocycles. The minimum Gasteiger partial charge on any atom is -0.360 e. The van der Waals surface area contributed by atoms with Gasteiger partial charge in [0.15, 0.2) is 0 Å². The molecule has 0 bridgehead atoms. The minimum atomic E-state index is -0.359. The van der Waals surface area contributed by atoms with E-state index >= 15 is 0 Å². The van der Waals surface area contributed by atoms with Crippen molar-refractivity contribution in [3.63, 3.8) is 0 Å². The van der Waals surface area contributed by atoms with Crippen LogP contribution in [0, 0.1) is 10.1 Å². The van der Waals surface area contributed by atoms with Gasteiger partial charge in [0.05, 0.1) is 0 Å². The molecule has 1 aliphatic rings. The number of fused-ring (bicyclic) bond motifs is 1. The summed E-state index contributed by atoms with van der Waals surface area (Å²) in [7, 11) is 0. The van der Waals surface area contributed by atoms with Gasteiger partial charge < -0.3 is 15.4 Å². The van der Waals surface area contributed by atoms with Gasteiger partial charge in [-0.25, -0.2) is 0 Å². The molecule has 2 aromatic heterocycles. The maximum absolute atomic E-state index is 11.2. The average molecular weight is 312 g/mol. The normalized spacial score (nSPS) is 22.4. The van der Waals surface area contributed by atoms with Crippen molar-refractivity contribution in [1.82, 2.24) is 9.38 Å². The molecule has 0 aromatic carbocycles. The first-order valence-electron chi connectivity index (χ1n) is 6.67. The highest BCUT2D eigenvalue weighted by atomic mass is 32.2. The number of hydrogen-bond acceptors (Lipinski definition) is 6. The predicted octanol–water partition coefficient (Wildman–Crippen LogP) is 3.39. The van der Waals surface area contributed by atoms with Crippen molar-refractivity contribution < 1.29 is 4.92 Å². The van der Waals surface area contributed by atoms with Gasteiger partial charge in [-0.1, -0.05) is 18.3 Å². The van der Waals surface area contributed by atoms with Crippen LogP contribution >= 0.6 is 23.1 Å². The molecule has 8 heteroatoms. The van der Waals surface area contributed by atoms with Crippen LogP contribution in [0.25, 0.3) is 4.96 Å². The number of thiazole rings is 1. The summed E-state index contributed by atoms with van der Waals surface area (Å²) in [6.45, 7) is 2.17. The maximum atomic E-state index is 11.2. The first-order valence-corrected chi connectivity index (χ1v) is 8.60. The second kappa shape index (κ2) is 5.61. The van der Waals surface area contributed by atoms with E-state index in [2.05, 4.69) is 17.2 Å². The van der Waals surface area contributed by atoms with Crippen LogP contribution in [-0.4, -0.2) is 31.4 Å². The molecule has 2 aromatic rings. The van der Waals surface area contributed by atoms with Gasteiger partial charge in [0, 0.05) is 16.7 Å². The lowest BCUT2D eigenvalue weighted by Crippen LogP contribution is -2.17. The maximum Gasteiger partial charge on any atom is 0.372 e. The van der Waals surface area contributed by atoms with E-state index in [1.165, 1.54) is 17.8 Å². The number of nitrogens with one attached hydrogen (secondary N) is 1. The van der Waals surface area contributed by atoms with Crippen LogP contribution in [0.4, 0.5) is 11.6 Å². The molecule has 0 amide bonds. The monoisotopic (exact) mass is 312 g/mol. The fourth-order valence-corrected chi connectivity index (χ4v) is 4.55. The molecule has 0 radical (unpaired) electrons. The topological polar surface area (TPSA) is 72.5 Å². The number of nitro groups is 1. The highest BCUT2D eigenvalue weighted by Gasteiger charge is 2.29. The SMILES string of the molecule is CCSC1CCC(Nc2nc3sccn3c2[N+](=O)[O-])C1. The molecule has 1 saturated carbocycles. The molecule has 2 atom stereocenters. The van der Waals surface area contributed by atoms with Crippen LogP contribution in [0.15, 0.2) is 11.6 Å². The summed E-state index contributed by atoms with van der Waals surface area (Å²) in [5, 5.41) is 17.0. The zero-order valence-electron chi connectivity index (χ0n) is 11.1. The molecule has 1 fully saturated rings. The van der Waals surface area contributed by atoms with E-state index in [1.807, 2.05) is 17.1 Å². The molecule has 108 valence electrons. The Morgan fingerprint density at radius 1 is 1.65 bits per heavy atom. The Morgan fingerprint density at radius 3 is 3.25 bits per heavy atom. The van der Waals surface area contributed by atoms with Crippen LogP contribution in [0.5, 0.6) is 0 Å². The zero-order chi connectivity index (χ0) is 14.1. The fourth-order valence-electron chi connectivity index (χ4n) is 2.70. The lowest BCUT2D eigenvalue weighted by molar-refractivity contribution is -0.389. The zero-order valence-corrected chi connectivity index (χ0v) is 12.7. The van der Waals surface area contributed by atoms with E-state index in [9.17, 15) is 10.1 Å². The number of aromatic nitrogens is 2. The van der Waals surface area contributed by atoms with Crippen LogP contribution in [0.1, 0.15) is 26.2 Å². The number of rotatable bonds is 5. The molecular weight excluding hydrogens is 296 g/mol. The quantitative estimate of drug-likeness (QED) is 0.677. The average Bonchev–Trinajstić information content (AvgIpc) is 3.05. The summed E-state index contributed by atoms with van der Waals surface area (Å²) < 4.78 is 1.54. The van der Waals surface area contributed by atoms with Crippen LogP contribution < -0.4 is 5.32 Å². The number of thioether (sulfide) groups is 1. The van der Waals surface area contributed by atoms with Gasteiger partial charge in [0.2, 0.25) is 5.82 Å². The van der Waals surface area contributed by atoms with E-state index in [-0.39, 0.29) is 10.7 Å². The molecule has 0 saturated heterocycles. The van der Waals surface area contributed by atoms with Crippen LogP contribution in [0.3, 0.4) is 0 Å². The molecule has 6 nitrogen and oxygen atoms in total. The van der Waals surface area contributed by atoms with E-state index < -0.39 is 0 Å². The van der Waals surface area contributed by atoms with Gasteiger partial charge in [-0.15, -0.1) is 0 Å². The second-order valence-corrected chi connectivity index (χ2v) is 7.28. The number of nitrogens with zero attached hydrogens (tertiary/aromatic N) is 3. The number of anilines is 1. The number of imidazole rings is 1. The molecule has 3 rings (SSSR count). The summed E-state index contributed by atoms with van der Waals surface area (Å²) in [6.07, 6.45) is 4.98.